The third-order valence-corrected chi connectivity index (χ3v) is 3.21. The van der Waals surface area contributed by atoms with Crippen LogP contribution in [0.3, 0.4) is 0 Å². The zero-order valence-electron chi connectivity index (χ0n) is 9.18. The number of nitrogens with one attached hydrogen (secondary N) is 1. The summed E-state index contributed by atoms with van der Waals surface area (Å²) in [5, 5.41) is 3.07. The number of hydrogen-bond donors (Lipinski definition) is 1. The van der Waals surface area contributed by atoms with E-state index in [4.69, 9.17) is 0 Å². The monoisotopic (exact) mass is 209 g/mol. The molecule has 1 heterocycles. The highest BCUT2D eigenvalue weighted by atomic mass is 19.1. The molecular weight excluding hydrogens is 193 g/mol. The van der Waals surface area contributed by atoms with Crippen molar-refractivity contribution in [1.29, 1.82) is 0 Å². The quantitative estimate of drug-likeness (QED) is 0.831. The first-order valence-corrected chi connectivity index (χ1v) is 5.32. The van der Waals surface area contributed by atoms with Gasteiger partial charge in [-0.05, 0) is 25.2 Å². The lowest BCUT2D eigenvalue weighted by atomic mass is 9.70. The van der Waals surface area contributed by atoms with Crippen LogP contribution in [0.15, 0.2) is 6.33 Å². The van der Waals surface area contributed by atoms with E-state index in [-0.39, 0.29) is 5.82 Å². The number of halogens is 1. The average Bonchev–Trinajstić information content (AvgIpc) is 2.17. The van der Waals surface area contributed by atoms with Crippen LogP contribution in [0.2, 0.25) is 0 Å². The molecule has 1 fully saturated rings. The number of aryl methyl sites for hydroxylation is 1. The Balaban J connectivity index is 2.01. The molecule has 4 heteroatoms. The van der Waals surface area contributed by atoms with E-state index in [0.717, 1.165) is 6.54 Å². The Morgan fingerprint density at radius 2 is 2.20 bits per heavy atom. The molecule has 1 saturated carbocycles. The second-order valence-electron chi connectivity index (χ2n) is 4.64. The summed E-state index contributed by atoms with van der Waals surface area (Å²) in [6.45, 7) is 4.66. The predicted octanol–water partition coefficient (Wildman–Crippen LogP) is 2.53. The molecule has 1 N–H and O–H groups in total. The van der Waals surface area contributed by atoms with Crippen molar-refractivity contribution in [2.45, 2.75) is 33.1 Å². The fraction of sp³-hybridized carbons (Fsp3) is 0.636. The van der Waals surface area contributed by atoms with E-state index in [1.165, 1.54) is 25.6 Å². The molecule has 3 nitrogen and oxygen atoms in total. The highest BCUT2D eigenvalue weighted by Gasteiger charge is 2.31. The van der Waals surface area contributed by atoms with Gasteiger partial charge in [-0.2, -0.15) is 0 Å². The highest BCUT2D eigenvalue weighted by molar-refractivity contribution is 5.37. The standard InChI is InChI=1S/C11H16FN3/c1-8-9(12)10(15-7-14-8)13-6-11(2)4-3-5-11/h7H,3-6H2,1-2H3,(H,13,14,15). The van der Waals surface area contributed by atoms with Crippen LogP contribution in [0.5, 0.6) is 0 Å². The maximum absolute atomic E-state index is 13.5. The number of rotatable bonds is 3. The number of hydrogen-bond acceptors (Lipinski definition) is 3. The summed E-state index contributed by atoms with van der Waals surface area (Å²) in [5.41, 5.74) is 0.719. The lowest BCUT2D eigenvalue weighted by Crippen LogP contribution is -2.33. The van der Waals surface area contributed by atoms with Gasteiger partial charge in [0.1, 0.15) is 6.33 Å². The van der Waals surface area contributed by atoms with Crippen molar-refractivity contribution < 1.29 is 4.39 Å². The highest BCUT2D eigenvalue weighted by Crippen LogP contribution is 2.40. The molecule has 0 radical (unpaired) electrons. The molecule has 0 spiro atoms. The zero-order valence-corrected chi connectivity index (χ0v) is 9.18. The topological polar surface area (TPSA) is 37.8 Å². The Hall–Kier alpha value is -1.19. The normalized spacial score (nSPS) is 18.3. The first-order chi connectivity index (χ1) is 7.11. The molecule has 0 bridgehead atoms. The van der Waals surface area contributed by atoms with Crippen molar-refractivity contribution in [3.05, 3.63) is 17.8 Å². The van der Waals surface area contributed by atoms with Gasteiger partial charge in [-0.3, -0.25) is 0 Å². The third kappa shape index (κ3) is 2.08. The Kier molecular flexibility index (Phi) is 2.59. The van der Waals surface area contributed by atoms with Crippen LogP contribution in [0.25, 0.3) is 0 Å². The SMILES string of the molecule is Cc1ncnc(NCC2(C)CCC2)c1F. The predicted molar refractivity (Wildman–Crippen MR) is 57.2 cm³/mol. The first-order valence-electron chi connectivity index (χ1n) is 5.32. The van der Waals surface area contributed by atoms with Crippen molar-refractivity contribution in [1.82, 2.24) is 9.97 Å². The lowest BCUT2D eigenvalue weighted by molar-refractivity contribution is 0.179. The Morgan fingerprint density at radius 3 is 2.80 bits per heavy atom. The van der Waals surface area contributed by atoms with Gasteiger partial charge in [-0.15, -0.1) is 0 Å². The molecule has 0 unspecified atom stereocenters. The molecule has 1 aromatic heterocycles. The summed E-state index contributed by atoms with van der Waals surface area (Å²) >= 11 is 0. The zero-order chi connectivity index (χ0) is 10.9. The summed E-state index contributed by atoms with van der Waals surface area (Å²) in [6.07, 6.45) is 5.10. The summed E-state index contributed by atoms with van der Waals surface area (Å²) in [4.78, 5) is 7.70. The van der Waals surface area contributed by atoms with Crippen molar-refractivity contribution >= 4 is 5.82 Å². The van der Waals surface area contributed by atoms with Gasteiger partial charge >= 0.3 is 0 Å². The van der Waals surface area contributed by atoms with E-state index in [0.29, 0.717) is 16.9 Å². The second-order valence-corrected chi connectivity index (χ2v) is 4.64. The van der Waals surface area contributed by atoms with Gasteiger partial charge in [0.05, 0.1) is 5.69 Å². The van der Waals surface area contributed by atoms with E-state index in [1.54, 1.807) is 6.92 Å². The fourth-order valence-corrected chi connectivity index (χ4v) is 1.84. The summed E-state index contributed by atoms with van der Waals surface area (Å²) in [5.74, 6) is -0.00366. The minimum Gasteiger partial charge on any atom is -0.367 e. The van der Waals surface area contributed by atoms with Gasteiger partial charge in [0.15, 0.2) is 11.6 Å². The van der Waals surface area contributed by atoms with Crippen molar-refractivity contribution in [3.8, 4) is 0 Å². The van der Waals surface area contributed by atoms with Gasteiger partial charge < -0.3 is 5.32 Å². The number of nitrogens with zero attached hydrogens (tertiary/aromatic N) is 2. The number of anilines is 1. The van der Waals surface area contributed by atoms with Gasteiger partial charge in [0.25, 0.3) is 0 Å². The Morgan fingerprint density at radius 1 is 1.47 bits per heavy atom. The molecule has 0 amide bonds. The van der Waals surface area contributed by atoms with Crippen LogP contribution >= 0.6 is 0 Å². The molecule has 0 aliphatic heterocycles. The lowest BCUT2D eigenvalue weighted by Gasteiger charge is -2.38. The Bertz CT molecular complexity index is 361. The summed E-state index contributed by atoms with van der Waals surface area (Å²) in [7, 11) is 0. The fourth-order valence-electron chi connectivity index (χ4n) is 1.84. The molecule has 0 saturated heterocycles. The first kappa shape index (κ1) is 10.3. The molecule has 0 aromatic carbocycles. The van der Waals surface area contributed by atoms with Gasteiger partial charge in [0.2, 0.25) is 0 Å². The van der Waals surface area contributed by atoms with E-state index in [9.17, 15) is 4.39 Å². The van der Waals surface area contributed by atoms with Crippen LogP contribution < -0.4 is 5.32 Å². The molecule has 1 aliphatic rings. The van der Waals surface area contributed by atoms with E-state index >= 15 is 0 Å². The minimum atomic E-state index is -0.333. The van der Waals surface area contributed by atoms with Crippen LogP contribution in [0.4, 0.5) is 10.2 Å². The van der Waals surface area contributed by atoms with Crippen LogP contribution in [-0.2, 0) is 0 Å². The minimum absolute atomic E-state index is 0.325. The average molecular weight is 209 g/mol. The van der Waals surface area contributed by atoms with Crippen LogP contribution in [0.1, 0.15) is 31.9 Å². The van der Waals surface area contributed by atoms with Crippen molar-refractivity contribution in [3.63, 3.8) is 0 Å². The summed E-state index contributed by atoms with van der Waals surface area (Å²) in [6, 6.07) is 0. The van der Waals surface area contributed by atoms with E-state index in [2.05, 4.69) is 22.2 Å². The maximum atomic E-state index is 13.5. The molecule has 1 aromatic rings. The van der Waals surface area contributed by atoms with Crippen LogP contribution in [0, 0.1) is 18.2 Å². The smallest absolute Gasteiger partial charge is 0.186 e. The maximum Gasteiger partial charge on any atom is 0.186 e. The van der Waals surface area contributed by atoms with Crippen molar-refractivity contribution in [2.75, 3.05) is 11.9 Å². The Labute approximate surface area is 89.1 Å². The van der Waals surface area contributed by atoms with E-state index < -0.39 is 0 Å². The van der Waals surface area contributed by atoms with Gasteiger partial charge in [-0.1, -0.05) is 13.3 Å². The molecule has 1 aliphatic carbocycles. The molecular formula is C11H16FN3. The van der Waals surface area contributed by atoms with Gasteiger partial charge in [-0.25, -0.2) is 14.4 Å². The van der Waals surface area contributed by atoms with Gasteiger partial charge in [0, 0.05) is 6.54 Å². The molecule has 82 valence electrons. The summed E-state index contributed by atoms with van der Waals surface area (Å²) < 4.78 is 13.5. The molecule has 15 heavy (non-hydrogen) atoms. The van der Waals surface area contributed by atoms with Crippen molar-refractivity contribution in [2.24, 2.45) is 5.41 Å². The third-order valence-electron chi connectivity index (χ3n) is 3.21. The molecule has 0 atom stereocenters. The largest absolute Gasteiger partial charge is 0.367 e. The van der Waals surface area contributed by atoms with E-state index in [1.807, 2.05) is 0 Å². The van der Waals surface area contributed by atoms with Crippen LogP contribution in [-0.4, -0.2) is 16.5 Å². The molecule has 2 rings (SSSR count). The number of aromatic nitrogens is 2. The second kappa shape index (κ2) is 3.76.